The van der Waals surface area contributed by atoms with Crippen LogP contribution in [0.3, 0.4) is 0 Å². The second-order valence-corrected chi connectivity index (χ2v) is 4.58. The van der Waals surface area contributed by atoms with E-state index in [1.54, 1.807) is 0 Å². The van der Waals surface area contributed by atoms with Crippen molar-refractivity contribution in [3.05, 3.63) is 29.0 Å². The summed E-state index contributed by atoms with van der Waals surface area (Å²) in [6.45, 7) is 7.78. The fraction of sp³-hybridized carbons (Fsp3) is 0.429. The maximum Gasteiger partial charge on any atom is 0.162 e. The van der Waals surface area contributed by atoms with E-state index in [1.807, 2.05) is 13.0 Å². The zero-order valence-corrected chi connectivity index (χ0v) is 11.2. The molecule has 96 valence electrons. The summed E-state index contributed by atoms with van der Waals surface area (Å²) < 4.78 is 0. The van der Waals surface area contributed by atoms with Gasteiger partial charge < -0.3 is 11.1 Å². The van der Waals surface area contributed by atoms with Crippen LogP contribution in [0.1, 0.15) is 23.2 Å². The molecule has 0 fully saturated rings. The summed E-state index contributed by atoms with van der Waals surface area (Å²) in [5.41, 5.74) is 9.83. The van der Waals surface area contributed by atoms with Gasteiger partial charge in [0.15, 0.2) is 5.65 Å². The lowest BCUT2D eigenvalue weighted by atomic mass is 10.1. The van der Waals surface area contributed by atoms with Crippen LogP contribution in [-0.2, 0) is 0 Å². The van der Waals surface area contributed by atoms with Crippen LogP contribution >= 0.6 is 0 Å². The molecule has 0 aliphatic carbocycles. The molecule has 0 saturated carbocycles. The largest absolute Gasteiger partial charge is 0.370 e. The van der Waals surface area contributed by atoms with E-state index < -0.39 is 0 Å². The lowest BCUT2D eigenvalue weighted by Crippen LogP contribution is -2.09. The summed E-state index contributed by atoms with van der Waals surface area (Å²) >= 11 is 0. The summed E-state index contributed by atoms with van der Waals surface area (Å²) in [6.07, 6.45) is 0.944. The van der Waals surface area contributed by atoms with Gasteiger partial charge in [-0.25, -0.2) is 9.97 Å². The summed E-state index contributed by atoms with van der Waals surface area (Å²) in [6, 6.07) is 4.09. The molecule has 4 nitrogen and oxygen atoms in total. The number of hydrogen-bond acceptors (Lipinski definition) is 4. The Morgan fingerprint density at radius 3 is 2.61 bits per heavy atom. The lowest BCUT2D eigenvalue weighted by Gasteiger charge is -2.10. The predicted molar refractivity (Wildman–Crippen MR) is 75.9 cm³/mol. The molecule has 18 heavy (non-hydrogen) atoms. The van der Waals surface area contributed by atoms with Gasteiger partial charge in [-0.3, -0.25) is 0 Å². The number of pyridine rings is 2. The van der Waals surface area contributed by atoms with Crippen LogP contribution in [0, 0.1) is 20.8 Å². The molecule has 0 bridgehead atoms. The van der Waals surface area contributed by atoms with Crippen molar-refractivity contribution in [3.8, 4) is 0 Å². The monoisotopic (exact) mass is 244 g/mol. The molecular formula is C14H20N4. The van der Waals surface area contributed by atoms with E-state index in [9.17, 15) is 0 Å². The molecule has 4 heteroatoms. The Balaban J connectivity index is 2.37. The molecule has 3 N–H and O–H groups in total. The van der Waals surface area contributed by atoms with Crippen LogP contribution in [-0.4, -0.2) is 23.1 Å². The molecule has 2 aromatic heterocycles. The van der Waals surface area contributed by atoms with Gasteiger partial charge >= 0.3 is 0 Å². The topological polar surface area (TPSA) is 63.8 Å². The van der Waals surface area contributed by atoms with Crippen molar-refractivity contribution in [2.45, 2.75) is 27.2 Å². The van der Waals surface area contributed by atoms with Crippen molar-refractivity contribution in [1.82, 2.24) is 9.97 Å². The highest BCUT2D eigenvalue weighted by molar-refractivity contribution is 5.81. The molecule has 0 amide bonds. The molecule has 2 rings (SSSR count). The summed E-state index contributed by atoms with van der Waals surface area (Å²) in [5.74, 6) is 0.867. The molecule has 0 radical (unpaired) electrons. The number of hydrogen-bond donors (Lipinski definition) is 2. The lowest BCUT2D eigenvalue weighted by molar-refractivity contribution is 0.870. The SMILES string of the molecule is Cc1nc2nc(NCCCN)ccc2c(C)c1C. The van der Waals surface area contributed by atoms with Gasteiger partial charge in [0.1, 0.15) is 5.82 Å². The van der Waals surface area contributed by atoms with E-state index in [1.165, 1.54) is 11.1 Å². The van der Waals surface area contributed by atoms with Gasteiger partial charge in [0.25, 0.3) is 0 Å². The smallest absolute Gasteiger partial charge is 0.162 e. The Hall–Kier alpha value is -1.68. The average Bonchev–Trinajstić information content (AvgIpc) is 2.36. The number of fused-ring (bicyclic) bond motifs is 1. The first-order valence-electron chi connectivity index (χ1n) is 6.32. The van der Waals surface area contributed by atoms with E-state index in [4.69, 9.17) is 5.73 Å². The molecule has 0 spiro atoms. The van der Waals surface area contributed by atoms with Crippen LogP contribution in [0.25, 0.3) is 11.0 Å². The van der Waals surface area contributed by atoms with Crippen LogP contribution in [0.5, 0.6) is 0 Å². The Labute approximate surface area is 108 Å². The minimum Gasteiger partial charge on any atom is -0.370 e. The number of aryl methyl sites for hydroxylation is 2. The first-order chi connectivity index (χ1) is 8.63. The van der Waals surface area contributed by atoms with Gasteiger partial charge in [-0.1, -0.05) is 0 Å². The molecule has 0 unspecified atom stereocenters. The molecule has 0 saturated heterocycles. The van der Waals surface area contributed by atoms with Crippen molar-refractivity contribution < 1.29 is 0 Å². The van der Waals surface area contributed by atoms with E-state index in [0.717, 1.165) is 35.5 Å². The third-order valence-electron chi connectivity index (χ3n) is 3.34. The van der Waals surface area contributed by atoms with Crippen LogP contribution in [0.4, 0.5) is 5.82 Å². The number of nitrogens with two attached hydrogens (primary N) is 1. The molecule has 2 aromatic rings. The van der Waals surface area contributed by atoms with Gasteiger partial charge in [-0.05, 0) is 57.0 Å². The van der Waals surface area contributed by atoms with E-state index in [-0.39, 0.29) is 0 Å². The standard InChI is InChI=1S/C14H20N4/c1-9-10(2)12-5-6-13(16-8-4-7-15)18-14(12)17-11(9)3/h5-6H,4,7-8,15H2,1-3H3,(H,16,17,18). The quantitative estimate of drug-likeness (QED) is 0.810. The van der Waals surface area contributed by atoms with E-state index in [0.29, 0.717) is 6.54 Å². The molecule has 0 aliphatic heterocycles. The first-order valence-corrected chi connectivity index (χ1v) is 6.32. The summed E-state index contributed by atoms with van der Waals surface area (Å²) in [7, 11) is 0. The highest BCUT2D eigenvalue weighted by Gasteiger charge is 2.07. The van der Waals surface area contributed by atoms with Crippen LogP contribution < -0.4 is 11.1 Å². The highest BCUT2D eigenvalue weighted by atomic mass is 15.0. The van der Waals surface area contributed by atoms with Crippen molar-refractivity contribution in [1.29, 1.82) is 0 Å². The minimum absolute atomic E-state index is 0.691. The third kappa shape index (κ3) is 2.43. The molecule has 0 aromatic carbocycles. The Morgan fingerprint density at radius 2 is 1.89 bits per heavy atom. The van der Waals surface area contributed by atoms with Crippen molar-refractivity contribution >= 4 is 16.9 Å². The van der Waals surface area contributed by atoms with E-state index >= 15 is 0 Å². The second-order valence-electron chi connectivity index (χ2n) is 4.58. The van der Waals surface area contributed by atoms with E-state index in [2.05, 4.69) is 35.2 Å². The van der Waals surface area contributed by atoms with Crippen LogP contribution in [0.15, 0.2) is 12.1 Å². The van der Waals surface area contributed by atoms with Crippen molar-refractivity contribution in [2.24, 2.45) is 5.73 Å². The number of rotatable bonds is 4. The Morgan fingerprint density at radius 1 is 1.11 bits per heavy atom. The number of anilines is 1. The summed E-state index contributed by atoms with van der Waals surface area (Å²) in [5, 5.41) is 4.39. The predicted octanol–water partition coefficient (Wildman–Crippen LogP) is 2.32. The normalized spacial score (nSPS) is 10.9. The second kappa shape index (κ2) is 5.31. The molecule has 0 atom stereocenters. The zero-order chi connectivity index (χ0) is 13.1. The van der Waals surface area contributed by atoms with Crippen molar-refractivity contribution in [2.75, 3.05) is 18.4 Å². The Bertz CT molecular complexity index is 563. The minimum atomic E-state index is 0.691. The summed E-state index contributed by atoms with van der Waals surface area (Å²) in [4.78, 5) is 9.10. The first kappa shape index (κ1) is 12.8. The molecular weight excluding hydrogens is 224 g/mol. The molecule has 2 heterocycles. The van der Waals surface area contributed by atoms with Gasteiger partial charge in [0.2, 0.25) is 0 Å². The Kier molecular flexibility index (Phi) is 3.77. The molecule has 0 aliphatic rings. The highest BCUT2D eigenvalue weighted by Crippen LogP contribution is 2.22. The maximum absolute atomic E-state index is 5.47. The fourth-order valence-electron chi connectivity index (χ4n) is 1.96. The number of nitrogens with zero attached hydrogens (tertiary/aromatic N) is 2. The van der Waals surface area contributed by atoms with Gasteiger partial charge in [-0.2, -0.15) is 0 Å². The zero-order valence-electron chi connectivity index (χ0n) is 11.2. The average molecular weight is 244 g/mol. The van der Waals surface area contributed by atoms with Gasteiger partial charge in [-0.15, -0.1) is 0 Å². The van der Waals surface area contributed by atoms with Gasteiger partial charge in [0, 0.05) is 17.6 Å². The number of nitrogens with one attached hydrogen (secondary N) is 1. The van der Waals surface area contributed by atoms with Crippen molar-refractivity contribution in [3.63, 3.8) is 0 Å². The van der Waals surface area contributed by atoms with Gasteiger partial charge in [0.05, 0.1) is 0 Å². The maximum atomic E-state index is 5.47. The van der Waals surface area contributed by atoms with Crippen LogP contribution in [0.2, 0.25) is 0 Å². The number of aromatic nitrogens is 2. The third-order valence-corrected chi connectivity index (χ3v) is 3.34. The fourth-order valence-corrected chi connectivity index (χ4v) is 1.96.